The number of hydrogen-bond donors (Lipinski definition) is 2. The summed E-state index contributed by atoms with van der Waals surface area (Å²) >= 11 is 1.31. The van der Waals surface area contributed by atoms with Crippen molar-refractivity contribution in [1.82, 2.24) is 10.3 Å². The highest BCUT2D eigenvalue weighted by molar-refractivity contribution is 7.13. The van der Waals surface area contributed by atoms with E-state index in [0.29, 0.717) is 17.2 Å². The summed E-state index contributed by atoms with van der Waals surface area (Å²) in [6.45, 7) is 2.33. The molecule has 31 heavy (non-hydrogen) atoms. The number of nitrogens with one attached hydrogen (secondary N) is 1. The average Bonchev–Trinajstić information content (AvgIpc) is 3.22. The van der Waals surface area contributed by atoms with Gasteiger partial charge in [0, 0.05) is 17.5 Å². The van der Waals surface area contributed by atoms with E-state index in [4.69, 9.17) is 4.74 Å². The molecular formula is C21H19F3N2O4S. The van der Waals surface area contributed by atoms with Gasteiger partial charge in [0.2, 0.25) is 0 Å². The van der Waals surface area contributed by atoms with Gasteiger partial charge in [-0.2, -0.15) is 0 Å². The van der Waals surface area contributed by atoms with Gasteiger partial charge in [-0.05, 0) is 48.9 Å². The fraction of sp³-hybridized carbons (Fsp3) is 0.238. The van der Waals surface area contributed by atoms with Gasteiger partial charge in [-0.1, -0.05) is 12.1 Å². The van der Waals surface area contributed by atoms with Gasteiger partial charge in [0.1, 0.15) is 22.2 Å². The van der Waals surface area contributed by atoms with Crippen LogP contribution in [0.1, 0.15) is 29.1 Å². The van der Waals surface area contributed by atoms with Gasteiger partial charge in [0.15, 0.2) is 0 Å². The molecule has 0 aliphatic carbocycles. The predicted octanol–water partition coefficient (Wildman–Crippen LogP) is 4.57. The van der Waals surface area contributed by atoms with E-state index in [2.05, 4.69) is 15.0 Å². The number of hydrogen-bond acceptors (Lipinski definition) is 6. The zero-order valence-electron chi connectivity index (χ0n) is 16.3. The Hall–Kier alpha value is -3.11. The molecule has 0 bridgehead atoms. The molecule has 3 rings (SSSR count). The van der Waals surface area contributed by atoms with Gasteiger partial charge in [0.25, 0.3) is 5.91 Å². The smallest absolute Gasteiger partial charge is 0.494 e. The van der Waals surface area contributed by atoms with Crippen molar-refractivity contribution in [2.75, 3.05) is 13.2 Å². The van der Waals surface area contributed by atoms with E-state index in [1.165, 1.54) is 23.5 Å². The topological polar surface area (TPSA) is 80.7 Å². The fourth-order valence-electron chi connectivity index (χ4n) is 2.66. The first-order valence-corrected chi connectivity index (χ1v) is 10.1. The number of ether oxygens (including phenoxy) is 2. The summed E-state index contributed by atoms with van der Waals surface area (Å²) in [5.74, 6) is -0.117. The van der Waals surface area contributed by atoms with Crippen LogP contribution in [0.3, 0.4) is 0 Å². The van der Waals surface area contributed by atoms with Crippen molar-refractivity contribution in [3.05, 3.63) is 65.2 Å². The number of aliphatic hydroxyl groups excluding tert-OH is 1. The number of halogens is 3. The first kappa shape index (κ1) is 22.6. The second-order valence-corrected chi connectivity index (χ2v) is 7.20. The normalized spacial score (nSPS) is 12.3. The highest BCUT2D eigenvalue weighted by Crippen LogP contribution is 2.26. The lowest BCUT2D eigenvalue weighted by Crippen LogP contribution is -2.28. The molecule has 1 amide bonds. The fourth-order valence-corrected chi connectivity index (χ4v) is 3.47. The first-order chi connectivity index (χ1) is 14.7. The van der Waals surface area contributed by atoms with Crippen molar-refractivity contribution in [2.24, 2.45) is 0 Å². The number of carbonyl (C=O) groups is 1. The molecule has 3 aromatic rings. The van der Waals surface area contributed by atoms with E-state index in [9.17, 15) is 23.1 Å². The van der Waals surface area contributed by atoms with Crippen LogP contribution < -0.4 is 14.8 Å². The molecule has 2 N–H and O–H groups in total. The van der Waals surface area contributed by atoms with Crippen LogP contribution in [0.2, 0.25) is 0 Å². The third kappa shape index (κ3) is 6.43. The number of alkyl halides is 3. The maximum atomic E-state index is 12.3. The Balaban J connectivity index is 1.56. The van der Waals surface area contributed by atoms with Crippen molar-refractivity contribution < 1.29 is 32.5 Å². The molecule has 0 radical (unpaired) electrons. The lowest BCUT2D eigenvalue weighted by Gasteiger charge is -2.13. The van der Waals surface area contributed by atoms with Crippen molar-refractivity contribution in [3.63, 3.8) is 0 Å². The quantitative estimate of drug-likeness (QED) is 0.523. The Morgan fingerprint density at radius 1 is 1.13 bits per heavy atom. The van der Waals surface area contributed by atoms with E-state index in [-0.39, 0.29) is 12.2 Å². The Morgan fingerprint density at radius 3 is 2.39 bits per heavy atom. The number of rotatable bonds is 8. The number of aromatic nitrogens is 1. The lowest BCUT2D eigenvalue weighted by atomic mass is 10.1. The molecule has 0 aliphatic rings. The summed E-state index contributed by atoms with van der Waals surface area (Å²) in [4.78, 5) is 16.6. The van der Waals surface area contributed by atoms with Crippen molar-refractivity contribution in [2.45, 2.75) is 19.4 Å². The van der Waals surface area contributed by atoms with Crippen LogP contribution in [0.4, 0.5) is 13.2 Å². The Kier molecular flexibility index (Phi) is 7.13. The molecule has 1 heterocycles. The molecule has 164 valence electrons. The van der Waals surface area contributed by atoms with Gasteiger partial charge < -0.3 is 19.9 Å². The second kappa shape index (κ2) is 9.80. The van der Waals surface area contributed by atoms with Crippen LogP contribution in [0, 0.1) is 0 Å². The van der Waals surface area contributed by atoms with Crippen molar-refractivity contribution in [3.8, 4) is 22.1 Å². The third-order valence-corrected chi connectivity index (χ3v) is 4.99. The molecule has 0 aliphatic heterocycles. The molecule has 1 atom stereocenters. The molecule has 0 saturated carbocycles. The summed E-state index contributed by atoms with van der Waals surface area (Å²) in [5, 5.41) is 15.0. The monoisotopic (exact) mass is 452 g/mol. The van der Waals surface area contributed by atoms with Crippen LogP contribution in [-0.4, -0.2) is 35.5 Å². The minimum absolute atomic E-state index is 0.131. The van der Waals surface area contributed by atoms with Gasteiger partial charge in [-0.25, -0.2) is 4.98 Å². The first-order valence-electron chi connectivity index (χ1n) is 9.26. The number of benzene rings is 2. The van der Waals surface area contributed by atoms with E-state index >= 15 is 0 Å². The molecular weight excluding hydrogens is 433 g/mol. The van der Waals surface area contributed by atoms with Crippen LogP contribution >= 0.6 is 11.3 Å². The van der Waals surface area contributed by atoms with Crippen LogP contribution in [-0.2, 0) is 0 Å². The van der Waals surface area contributed by atoms with Crippen molar-refractivity contribution >= 4 is 17.2 Å². The highest BCUT2D eigenvalue weighted by Gasteiger charge is 2.31. The summed E-state index contributed by atoms with van der Waals surface area (Å²) in [6, 6.07) is 12.1. The average molecular weight is 452 g/mol. The SMILES string of the molecule is CCOc1ccc(-c2nc(C(=O)NCC(O)c3ccc(OC(F)(F)F)cc3)cs2)cc1. The predicted molar refractivity (Wildman–Crippen MR) is 109 cm³/mol. The number of carbonyl (C=O) groups excluding carboxylic acids is 1. The lowest BCUT2D eigenvalue weighted by molar-refractivity contribution is -0.274. The molecule has 6 nitrogen and oxygen atoms in total. The maximum absolute atomic E-state index is 12.3. The van der Waals surface area contributed by atoms with Crippen LogP contribution in [0.15, 0.2) is 53.9 Å². The van der Waals surface area contributed by atoms with E-state index in [0.717, 1.165) is 23.4 Å². The van der Waals surface area contributed by atoms with E-state index < -0.39 is 24.1 Å². The minimum Gasteiger partial charge on any atom is -0.494 e. The zero-order valence-corrected chi connectivity index (χ0v) is 17.2. The van der Waals surface area contributed by atoms with E-state index in [1.54, 1.807) is 5.38 Å². The number of thiazole rings is 1. The summed E-state index contributed by atoms with van der Waals surface area (Å²) in [7, 11) is 0. The molecule has 2 aromatic carbocycles. The molecule has 0 fully saturated rings. The Morgan fingerprint density at radius 2 is 1.77 bits per heavy atom. The standard InChI is InChI=1S/C21H19F3N2O4S/c1-2-29-15-7-5-14(6-8-15)20-26-17(12-31-20)19(28)25-11-18(27)13-3-9-16(10-4-13)30-21(22,23)24/h3-10,12,18,27H,2,11H2,1H3,(H,25,28). The Labute approximate surface area is 180 Å². The zero-order chi connectivity index (χ0) is 22.4. The molecule has 1 aromatic heterocycles. The maximum Gasteiger partial charge on any atom is 0.573 e. The summed E-state index contributed by atoms with van der Waals surface area (Å²) < 4.78 is 45.8. The van der Waals surface area contributed by atoms with Crippen LogP contribution in [0.25, 0.3) is 10.6 Å². The molecule has 1 unspecified atom stereocenters. The molecule has 10 heteroatoms. The Bertz CT molecular complexity index is 1000. The molecule has 0 spiro atoms. The number of nitrogens with zero attached hydrogens (tertiary/aromatic N) is 1. The minimum atomic E-state index is -4.79. The van der Waals surface area contributed by atoms with Crippen molar-refractivity contribution in [1.29, 1.82) is 0 Å². The largest absolute Gasteiger partial charge is 0.573 e. The second-order valence-electron chi connectivity index (χ2n) is 6.34. The van der Waals surface area contributed by atoms with Gasteiger partial charge in [-0.3, -0.25) is 4.79 Å². The van der Waals surface area contributed by atoms with Gasteiger partial charge >= 0.3 is 6.36 Å². The number of aliphatic hydroxyl groups is 1. The summed E-state index contributed by atoms with van der Waals surface area (Å²) in [6.07, 6.45) is -5.89. The van der Waals surface area contributed by atoms with Gasteiger partial charge in [-0.15, -0.1) is 24.5 Å². The highest BCUT2D eigenvalue weighted by atomic mass is 32.1. The number of amides is 1. The third-order valence-electron chi connectivity index (χ3n) is 4.10. The van der Waals surface area contributed by atoms with E-state index in [1.807, 2.05) is 31.2 Å². The van der Waals surface area contributed by atoms with Crippen LogP contribution in [0.5, 0.6) is 11.5 Å². The summed E-state index contributed by atoms with van der Waals surface area (Å²) in [5.41, 5.74) is 1.38. The molecule has 0 saturated heterocycles. The van der Waals surface area contributed by atoms with Gasteiger partial charge in [0.05, 0.1) is 12.7 Å².